The zero-order chi connectivity index (χ0) is 18.7. The third kappa shape index (κ3) is 8.55. The van der Waals surface area contributed by atoms with E-state index in [0.717, 1.165) is 18.4 Å². The van der Waals surface area contributed by atoms with Gasteiger partial charge in [0.25, 0.3) is 0 Å². The van der Waals surface area contributed by atoms with Crippen LogP contribution in [0.25, 0.3) is 0 Å². The molecule has 25 heavy (non-hydrogen) atoms. The lowest BCUT2D eigenvalue weighted by atomic mass is 9.81. The van der Waals surface area contributed by atoms with Crippen LogP contribution in [0.5, 0.6) is 0 Å². The molecule has 144 valence electrons. The van der Waals surface area contributed by atoms with Gasteiger partial charge in [-0.2, -0.15) is 4.79 Å². The SMILES string of the molecule is CCCCCCCCCC(C)(C)CCc1cc(C(=O)OCC)n(F)c1. The number of carbonyl (C=O) groups is 1. The molecule has 3 nitrogen and oxygen atoms in total. The summed E-state index contributed by atoms with van der Waals surface area (Å²) in [4.78, 5) is 12.1. The summed E-state index contributed by atoms with van der Waals surface area (Å²) < 4.78 is 18.7. The lowest BCUT2D eigenvalue weighted by Crippen LogP contribution is -2.12. The molecular formula is C21H36FNO2. The molecule has 0 N–H and O–H groups in total. The predicted molar refractivity (Wildman–Crippen MR) is 102 cm³/mol. The Hall–Kier alpha value is -1.32. The molecule has 0 aliphatic heterocycles. The van der Waals surface area contributed by atoms with Gasteiger partial charge in [0.15, 0.2) is 5.69 Å². The number of halogens is 1. The fourth-order valence-corrected chi connectivity index (χ4v) is 3.15. The van der Waals surface area contributed by atoms with Gasteiger partial charge in [-0.3, -0.25) is 0 Å². The maximum absolute atomic E-state index is 13.8. The molecule has 0 fully saturated rings. The number of aryl methyl sites for hydroxylation is 1. The first-order chi connectivity index (χ1) is 11.9. The Kier molecular flexibility index (Phi) is 9.84. The number of hydrogen-bond donors (Lipinski definition) is 0. The van der Waals surface area contributed by atoms with E-state index in [9.17, 15) is 9.28 Å². The van der Waals surface area contributed by atoms with E-state index in [1.54, 1.807) is 13.0 Å². The van der Waals surface area contributed by atoms with Crippen molar-refractivity contribution in [3.05, 3.63) is 23.5 Å². The quantitative estimate of drug-likeness (QED) is 0.299. The van der Waals surface area contributed by atoms with Gasteiger partial charge in [-0.15, -0.1) is 0 Å². The molecule has 4 heteroatoms. The van der Waals surface area contributed by atoms with Crippen LogP contribution in [0.15, 0.2) is 12.3 Å². The van der Waals surface area contributed by atoms with Gasteiger partial charge in [-0.25, -0.2) is 4.79 Å². The minimum atomic E-state index is -0.599. The number of unbranched alkanes of at least 4 members (excludes halogenated alkanes) is 6. The van der Waals surface area contributed by atoms with Crippen LogP contribution < -0.4 is 0 Å². The van der Waals surface area contributed by atoms with E-state index in [4.69, 9.17) is 4.74 Å². The fourth-order valence-electron chi connectivity index (χ4n) is 3.15. The van der Waals surface area contributed by atoms with Crippen molar-refractivity contribution in [2.24, 2.45) is 5.41 Å². The monoisotopic (exact) mass is 353 g/mol. The van der Waals surface area contributed by atoms with E-state index < -0.39 is 5.97 Å². The fraction of sp³-hybridized carbons (Fsp3) is 0.762. The van der Waals surface area contributed by atoms with E-state index in [-0.39, 0.29) is 17.7 Å². The predicted octanol–water partition coefficient (Wildman–Crippen LogP) is 6.50. The lowest BCUT2D eigenvalue weighted by Gasteiger charge is -2.24. The molecule has 0 unspecified atom stereocenters. The topological polar surface area (TPSA) is 31.2 Å². The van der Waals surface area contributed by atoms with Crippen LogP contribution in [0.4, 0.5) is 4.48 Å². The molecule has 0 atom stereocenters. The smallest absolute Gasteiger partial charge is 0.357 e. The number of ether oxygens (including phenoxy) is 1. The molecule has 0 aromatic carbocycles. The molecule has 1 heterocycles. The van der Waals surface area contributed by atoms with Crippen molar-refractivity contribution >= 4 is 5.97 Å². The first kappa shape index (κ1) is 21.7. The van der Waals surface area contributed by atoms with Crippen LogP contribution in [0.2, 0.25) is 0 Å². The number of esters is 1. The van der Waals surface area contributed by atoms with Gasteiger partial charge in [-0.1, -0.05) is 70.2 Å². The average Bonchev–Trinajstić information content (AvgIpc) is 2.93. The van der Waals surface area contributed by atoms with Crippen molar-refractivity contribution in [3.63, 3.8) is 0 Å². The highest BCUT2D eigenvalue weighted by Gasteiger charge is 2.20. The molecule has 0 spiro atoms. The van der Waals surface area contributed by atoms with Gasteiger partial charge < -0.3 is 4.74 Å². The third-order valence-electron chi connectivity index (χ3n) is 4.86. The Labute approximate surface area is 152 Å². The van der Waals surface area contributed by atoms with Crippen LogP contribution >= 0.6 is 0 Å². The van der Waals surface area contributed by atoms with Gasteiger partial charge in [0.05, 0.1) is 6.61 Å². The zero-order valence-corrected chi connectivity index (χ0v) is 16.6. The van der Waals surface area contributed by atoms with Gasteiger partial charge in [0, 0.05) is 6.20 Å². The Morgan fingerprint density at radius 2 is 1.72 bits per heavy atom. The van der Waals surface area contributed by atoms with Crippen LogP contribution in [-0.2, 0) is 11.2 Å². The summed E-state index contributed by atoms with van der Waals surface area (Å²) in [6, 6.07) is 1.61. The lowest BCUT2D eigenvalue weighted by molar-refractivity contribution is 0.0502. The van der Waals surface area contributed by atoms with E-state index in [1.807, 2.05) is 0 Å². The second-order valence-electron chi connectivity index (χ2n) is 7.80. The maximum atomic E-state index is 13.8. The van der Waals surface area contributed by atoms with Crippen LogP contribution in [0.3, 0.4) is 0 Å². The van der Waals surface area contributed by atoms with Gasteiger partial charge in [-0.05, 0) is 43.2 Å². The number of hydrogen-bond acceptors (Lipinski definition) is 2. The minimum Gasteiger partial charge on any atom is -0.461 e. The van der Waals surface area contributed by atoms with Crippen molar-refractivity contribution in [2.45, 2.75) is 91.9 Å². The Bertz CT molecular complexity index is 508. The molecule has 1 aromatic heterocycles. The molecule has 0 saturated carbocycles. The van der Waals surface area contributed by atoms with Gasteiger partial charge in [0.2, 0.25) is 0 Å². The normalized spacial score (nSPS) is 11.7. The molecule has 0 bridgehead atoms. The largest absolute Gasteiger partial charge is 0.461 e. The highest BCUT2D eigenvalue weighted by atomic mass is 19.2. The van der Waals surface area contributed by atoms with E-state index in [0.29, 0.717) is 4.79 Å². The minimum absolute atomic E-state index is 0.0123. The maximum Gasteiger partial charge on any atom is 0.357 e. The van der Waals surface area contributed by atoms with Crippen molar-refractivity contribution in [1.29, 1.82) is 0 Å². The third-order valence-corrected chi connectivity index (χ3v) is 4.86. The second-order valence-corrected chi connectivity index (χ2v) is 7.80. The van der Waals surface area contributed by atoms with Crippen molar-refractivity contribution in [1.82, 2.24) is 4.79 Å². The average molecular weight is 354 g/mol. The second kappa shape index (κ2) is 11.3. The Morgan fingerprint density at radius 3 is 2.36 bits per heavy atom. The zero-order valence-electron chi connectivity index (χ0n) is 16.6. The van der Waals surface area contributed by atoms with E-state index in [1.165, 1.54) is 57.6 Å². The van der Waals surface area contributed by atoms with Crippen LogP contribution in [0.1, 0.15) is 102 Å². The first-order valence-electron chi connectivity index (χ1n) is 9.94. The summed E-state index contributed by atoms with van der Waals surface area (Å²) in [6.45, 7) is 8.78. The molecule has 1 aromatic rings. The highest BCUT2D eigenvalue weighted by molar-refractivity contribution is 5.87. The van der Waals surface area contributed by atoms with Crippen LogP contribution in [0, 0.1) is 5.41 Å². The van der Waals surface area contributed by atoms with E-state index >= 15 is 0 Å². The number of nitrogens with zero attached hydrogens (tertiary/aromatic N) is 1. The molecule has 0 amide bonds. The molecule has 0 aliphatic rings. The molecule has 0 saturated heterocycles. The first-order valence-corrected chi connectivity index (χ1v) is 9.94. The Morgan fingerprint density at radius 1 is 1.08 bits per heavy atom. The Balaban J connectivity index is 2.33. The summed E-state index contributed by atoms with van der Waals surface area (Å²) in [5.74, 6) is -0.599. The molecular weight excluding hydrogens is 317 g/mol. The standard InChI is InChI=1S/C21H36FNO2/c1-5-7-8-9-10-11-12-14-21(3,4)15-13-18-16-19(23(22)17-18)20(24)25-6-2/h16-17H,5-15H2,1-4H3. The van der Waals surface area contributed by atoms with Gasteiger partial charge in [0.1, 0.15) is 0 Å². The number of carbonyl (C=O) groups excluding carboxylic acids is 1. The summed E-state index contributed by atoms with van der Waals surface area (Å²) in [7, 11) is 0. The summed E-state index contributed by atoms with van der Waals surface area (Å²) in [5.41, 5.74) is 1.09. The number of aromatic nitrogens is 1. The van der Waals surface area contributed by atoms with Crippen LogP contribution in [-0.4, -0.2) is 17.4 Å². The highest BCUT2D eigenvalue weighted by Crippen LogP contribution is 2.30. The number of rotatable bonds is 13. The molecule has 0 radical (unpaired) electrons. The van der Waals surface area contributed by atoms with Crippen molar-refractivity contribution in [3.8, 4) is 0 Å². The molecule has 1 rings (SSSR count). The van der Waals surface area contributed by atoms with E-state index in [2.05, 4.69) is 20.8 Å². The van der Waals surface area contributed by atoms with Crippen molar-refractivity contribution < 1.29 is 14.0 Å². The summed E-state index contributed by atoms with van der Waals surface area (Å²) >= 11 is 0. The summed E-state index contributed by atoms with van der Waals surface area (Å²) in [5, 5.41) is 0. The van der Waals surface area contributed by atoms with Crippen molar-refractivity contribution in [2.75, 3.05) is 6.61 Å². The molecule has 0 aliphatic carbocycles. The van der Waals surface area contributed by atoms with Gasteiger partial charge >= 0.3 is 5.97 Å². The summed E-state index contributed by atoms with van der Waals surface area (Å²) in [6.07, 6.45) is 13.7.